The molecule has 28 heavy (non-hydrogen) atoms. The third kappa shape index (κ3) is 8.57. The second kappa shape index (κ2) is 9.24. The summed E-state index contributed by atoms with van der Waals surface area (Å²) in [7, 11) is -2.73. The second-order valence-corrected chi connectivity index (χ2v) is 18.8. The van der Waals surface area contributed by atoms with Crippen molar-refractivity contribution in [2.45, 2.75) is 52.1 Å². The lowest BCUT2D eigenvalue weighted by Crippen LogP contribution is -2.16. The van der Waals surface area contributed by atoms with Gasteiger partial charge in [0, 0.05) is 24.0 Å². The van der Waals surface area contributed by atoms with Crippen LogP contribution in [-0.4, -0.2) is 21.9 Å². The molecule has 0 heterocycles. The minimum Gasteiger partial charge on any atom is -0.299 e. The number of hydrogen-bond acceptors (Lipinski definition) is 1. The molecule has 2 rings (SSSR count). The highest BCUT2D eigenvalue weighted by Gasteiger charge is 2.09. The van der Waals surface area contributed by atoms with Crippen molar-refractivity contribution >= 4 is 21.9 Å². The highest BCUT2D eigenvalue weighted by atomic mass is 28.3. The standard InChI is InChI=1S/C25H30OSi2/c1-27(2,3)17-15-21-7-11-23(12-8-21)19-25(26)20-24-13-9-22(10-14-24)16-18-28(4,5)6/h7-14H,19-20H2,1-6H3. The second-order valence-electron chi connectivity index (χ2n) is 9.29. The lowest BCUT2D eigenvalue weighted by Gasteiger charge is -2.05. The van der Waals surface area contributed by atoms with Crippen molar-refractivity contribution in [2.75, 3.05) is 0 Å². The number of ketones is 1. The normalized spacial score (nSPS) is 11.1. The van der Waals surface area contributed by atoms with E-state index in [1.165, 1.54) is 0 Å². The molecule has 0 amide bonds. The molecule has 1 nitrogen and oxygen atoms in total. The highest BCUT2D eigenvalue weighted by Crippen LogP contribution is 2.10. The van der Waals surface area contributed by atoms with Gasteiger partial charge in [0.1, 0.15) is 21.9 Å². The summed E-state index contributed by atoms with van der Waals surface area (Å²) in [5, 5.41) is 0. The smallest absolute Gasteiger partial charge is 0.141 e. The molecule has 0 bridgehead atoms. The number of rotatable bonds is 4. The van der Waals surface area contributed by atoms with E-state index in [1.807, 2.05) is 48.5 Å². The largest absolute Gasteiger partial charge is 0.299 e. The summed E-state index contributed by atoms with van der Waals surface area (Å²) in [6, 6.07) is 16.1. The Morgan fingerprint density at radius 2 is 0.964 bits per heavy atom. The van der Waals surface area contributed by atoms with Gasteiger partial charge in [0.15, 0.2) is 0 Å². The molecule has 0 saturated heterocycles. The molecule has 0 atom stereocenters. The molecular weight excluding hydrogens is 372 g/mol. The molecule has 2 aromatic carbocycles. The zero-order valence-electron chi connectivity index (χ0n) is 17.9. The van der Waals surface area contributed by atoms with Gasteiger partial charge in [0.05, 0.1) is 0 Å². The van der Waals surface area contributed by atoms with Crippen molar-refractivity contribution < 1.29 is 4.79 Å². The fourth-order valence-electron chi connectivity index (χ4n) is 2.45. The van der Waals surface area contributed by atoms with Crippen molar-refractivity contribution in [1.29, 1.82) is 0 Å². The van der Waals surface area contributed by atoms with Gasteiger partial charge in [-0.1, -0.05) is 75.4 Å². The summed E-state index contributed by atoms with van der Waals surface area (Å²) >= 11 is 0. The zero-order valence-corrected chi connectivity index (χ0v) is 19.9. The summed E-state index contributed by atoms with van der Waals surface area (Å²) in [4.78, 5) is 12.4. The Morgan fingerprint density at radius 1 is 0.643 bits per heavy atom. The van der Waals surface area contributed by atoms with Crippen molar-refractivity contribution in [1.82, 2.24) is 0 Å². The monoisotopic (exact) mass is 402 g/mol. The summed E-state index contributed by atoms with van der Waals surface area (Å²) in [6.45, 7) is 13.4. The Kier molecular flexibility index (Phi) is 7.25. The number of hydrogen-bond donors (Lipinski definition) is 0. The molecular formula is C25H30OSi2. The van der Waals surface area contributed by atoms with Gasteiger partial charge in [0.25, 0.3) is 0 Å². The van der Waals surface area contributed by atoms with Gasteiger partial charge in [-0.15, -0.1) is 11.1 Å². The fourth-order valence-corrected chi connectivity index (χ4v) is 3.49. The molecule has 0 radical (unpaired) electrons. The van der Waals surface area contributed by atoms with E-state index in [9.17, 15) is 4.79 Å². The summed E-state index contributed by atoms with van der Waals surface area (Å²) in [6.07, 6.45) is 0.915. The van der Waals surface area contributed by atoms with Crippen LogP contribution in [0.25, 0.3) is 0 Å². The molecule has 0 aliphatic heterocycles. The predicted octanol–water partition coefficient (Wildman–Crippen LogP) is 5.50. The van der Waals surface area contributed by atoms with Gasteiger partial charge in [0.2, 0.25) is 0 Å². The topological polar surface area (TPSA) is 17.1 Å². The van der Waals surface area contributed by atoms with Crippen LogP contribution < -0.4 is 0 Å². The third-order valence-corrected chi connectivity index (χ3v) is 5.62. The minimum atomic E-state index is -1.36. The van der Waals surface area contributed by atoms with Crippen molar-refractivity contribution in [3.8, 4) is 22.9 Å². The fraction of sp³-hybridized carbons (Fsp3) is 0.320. The molecule has 0 aromatic heterocycles. The van der Waals surface area contributed by atoms with E-state index in [0.717, 1.165) is 22.3 Å². The van der Waals surface area contributed by atoms with Gasteiger partial charge in [-0.25, -0.2) is 0 Å². The van der Waals surface area contributed by atoms with Gasteiger partial charge < -0.3 is 0 Å². The van der Waals surface area contributed by atoms with Gasteiger partial charge in [-0.2, -0.15) is 0 Å². The zero-order chi connectivity index (χ0) is 20.8. The maximum absolute atomic E-state index is 12.4. The van der Waals surface area contributed by atoms with Crippen LogP contribution in [0.5, 0.6) is 0 Å². The van der Waals surface area contributed by atoms with E-state index in [2.05, 4.69) is 62.2 Å². The third-order valence-electron chi connectivity index (χ3n) is 3.87. The van der Waals surface area contributed by atoms with Crippen LogP contribution >= 0.6 is 0 Å². The van der Waals surface area contributed by atoms with Crippen LogP contribution in [-0.2, 0) is 17.6 Å². The van der Waals surface area contributed by atoms with E-state index in [-0.39, 0.29) is 5.78 Å². The number of carbonyl (C=O) groups is 1. The Labute approximate surface area is 172 Å². The molecule has 2 aromatic rings. The SMILES string of the molecule is C[Si](C)(C)C#Cc1ccc(CC(=O)Cc2ccc(C#C[Si](C)(C)C)cc2)cc1. The first-order chi connectivity index (χ1) is 13.0. The van der Waals surface area contributed by atoms with Crippen molar-refractivity contribution in [3.63, 3.8) is 0 Å². The van der Waals surface area contributed by atoms with Gasteiger partial charge >= 0.3 is 0 Å². The Balaban J connectivity index is 1.94. The van der Waals surface area contributed by atoms with Crippen LogP contribution in [0.15, 0.2) is 48.5 Å². The maximum Gasteiger partial charge on any atom is 0.141 e. The van der Waals surface area contributed by atoms with Crippen LogP contribution in [0, 0.1) is 22.9 Å². The van der Waals surface area contributed by atoms with Gasteiger partial charge in [-0.05, 0) is 35.4 Å². The lowest BCUT2D eigenvalue weighted by atomic mass is 10.0. The number of carbonyl (C=O) groups excluding carboxylic acids is 1. The molecule has 144 valence electrons. The van der Waals surface area contributed by atoms with Crippen LogP contribution in [0.3, 0.4) is 0 Å². The number of Topliss-reactive ketones (excluding diaryl/α,β-unsaturated/α-hetero) is 1. The average Bonchev–Trinajstić information content (AvgIpc) is 2.59. The molecule has 0 aliphatic rings. The predicted molar refractivity (Wildman–Crippen MR) is 126 cm³/mol. The van der Waals surface area contributed by atoms with Crippen LogP contribution in [0.1, 0.15) is 22.3 Å². The maximum atomic E-state index is 12.4. The van der Waals surface area contributed by atoms with E-state index >= 15 is 0 Å². The first kappa shape index (κ1) is 22.0. The Hall–Kier alpha value is -2.34. The quantitative estimate of drug-likeness (QED) is 0.487. The molecule has 0 aliphatic carbocycles. The lowest BCUT2D eigenvalue weighted by molar-refractivity contribution is -0.117. The van der Waals surface area contributed by atoms with E-state index in [1.54, 1.807) is 0 Å². The minimum absolute atomic E-state index is 0.224. The molecule has 3 heteroatoms. The first-order valence-electron chi connectivity index (χ1n) is 9.76. The van der Waals surface area contributed by atoms with Crippen LogP contribution in [0.2, 0.25) is 39.3 Å². The summed E-state index contributed by atoms with van der Waals surface area (Å²) in [5.74, 6) is 6.72. The first-order valence-corrected chi connectivity index (χ1v) is 16.8. The van der Waals surface area contributed by atoms with E-state index < -0.39 is 16.1 Å². The Morgan fingerprint density at radius 3 is 1.25 bits per heavy atom. The van der Waals surface area contributed by atoms with Crippen LogP contribution in [0.4, 0.5) is 0 Å². The van der Waals surface area contributed by atoms with Crippen molar-refractivity contribution in [3.05, 3.63) is 70.8 Å². The van der Waals surface area contributed by atoms with E-state index in [4.69, 9.17) is 0 Å². The number of benzene rings is 2. The van der Waals surface area contributed by atoms with E-state index in [0.29, 0.717) is 12.8 Å². The molecule has 0 unspecified atom stereocenters. The molecule has 0 fully saturated rings. The molecule has 0 spiro atoms. The van der Waals surface area contributed by atoms with Gasteiger partial charge in [-0.3, -0.25) is 4.79 Å². The molecule has 0 N–H and O–H groups in total. The van der Waals surface area contributed by atoms with Crippen molar-refractivity contribution in [2.24, 2.45) is 0 Å². The Bertz CT molecular complexity index is 854. The summed E-state index contributed by atoms with van der Waals surface area (Å²) in [5.41, 5.74) is 10.9. The average molecular weight is 403 g/mol. The highest BCUT2D eigenvalue weighted by molar-refractivity contribution is 6.84. The summed E-state index contributed by atoms with van der Waals surface area (Å²) < 4.78 is 0. The molecule has 0 saturated carbocycles.